The molecule has 0 radical (unpaired) electrons. The van der Waals surface area contributed by atoms with Crippen molar-refractivity contribution in [3.05, 3.63) is 0 Å². The molecule has 0 bridgehead atoms. The van der Waals surface area contributed by atoms with Crippen molar-refractivity contribution in [2.24, 2.45) is 0 Å². The molecule has 0 spiro atoms. The van der Waals surface area contributed by atoms with Crippen molar-refractivity contribution < 1.29 is 5.11 Å². The van der Waals surface area contributed by atoms with Crippen LogP contribution in [-0.2, 0) is 0 Å². The van der Waals surface area contributed by atoms with Crippen LogP contribution in [0.1, 0.15) is 46.5 Å². The van der Waals surface area contributed by atoms with Gasteiger partial charge in [0.1, 0.15) is 0 Å². The minimum atomic E-state index is -0.529. The smallest absolute Gasteiger partial charge is 0.0603 e. The van der Waals surface area contributed by atoms with Crippen LogP contribution in [-0.4, -0.2) is 47.8 Å². The van der Waals surface area contributed by atoms with Crippen LogP contribution in [0.25, 0.3) is 0 Å². The summed E-state index contributed by atoms with van der Waals surface area (Å²) in [6.45, 7) is 10.5. The van der Waals surface area contributed by atoms with E-state index in [1.807, 2.05) is 13.8 Å². The van der Waals surface area contributed by atoms with Crippen LogP contribution in [0.4, 0.5) is 0 Å². The minimum absolute atomic E-state index is 0.529. The van der Waals surface area contributed by atoms with Gasteiger partial charge in [-0.15, -0.1) is 0 Å². The number of rotatable bonds is 6. The van der Waals surface area contributed by atoms with Crippen molar-refractivity contribution in [1.82, 2.24) is 10.2 Å². The maximum Gasteiger partial charge on any atom is 0.0603 e. The Morgan fingerprint density at radius 1 is 1.25 bits per heavy atom. The summed E-state index contributed by atoms with van der Waals surface area (Å²) in [6, 6.07) is 0.726. The standard InChI is InChI=1S/C13H28N2O/c1-4-10-15(11-7-13(2,3)16)12-5-8-14-9-6-12/h12,14,16H,4-11H2,1-3H3. The minimum Gasteiger partial charge on any atom is -0.390 e. The quantitative estimate of drug-likeness (QED) is 0.725. The van der Waals surface area contributed by atoms with Gasteiger partial charge in [0.15, 0.2) is 0 Å². The molecule has 3 heteroatoms. The fraction of sp³-hybridized carbons (Fsp3) is 1.00. The predicted octanol–water partition coefficient (Wildman–Crippen LogP) is 1.61. The normalized spacial score (nSPS) is 19.3. The van der Waals surface area contributed by atoms with Gasteiger partial charge in [-0.3, -0.25) is 0 Å². The molecule has 1 saturated heterocycles. The third-order valence-corrected chi connectivity index (χ3v) is 3.35. The van der Waals surface area contributed by atoms with Gasteiger partial charge in [-0.1, -0.05) is 6.92 Å². The van der Waals surface area contributed by atoms with Crippen LogP contribution in [0.5, 0.6) is 0 Å². The second kappa shape index (κ2) is 6.58. The van der Waals surface area contributed by atoms with Crippen LogP contribution >= 0.6 is 0 Å². The molecular formula is C13H28N2O. The average Bonchev–Trinajstić information content (AvgIpc) is 2.24. The second-order valence-corrected chi connectivity index (χ2v) is 5.58. The lowest BCUT2D eigenvalue weighted by Gasteiger charge is -2.35. The summed E-state index contributed by atoms with van der Waals surface area (Å²) < 4.78 is 0. The number of piperidine rings is 1. The molecule has 1 rings (SSSR count). The topological polar surface area (TPSA) is 35.5 Å². The van der Waals surface area contributed by atoms with E-state index in [-0.39, 0.29) is 0 Å². The van der Waals surface area contributed by atoms with Crippen molar-refractivity contribution in [1.29, 1.82) is 0 Å². The van der Waals surface area contributed by atoms with E-state index >= 15 is 0 Å². The molecular weight excluding hydrogens is 200 g/mol. The third-order valence-electron chi connectivity index (χ3n) is 3.35. The monoisotopic (exact) mass is 228 g/mol. The maximum atomic E-state index is 9.79. The highest BCUT2D eigenvalue weighted by molar-refractivity contribution is 4.79. The molecule has 1 fully saturated rings. The summed E-state index contributed by atoms with van der Waals surface area (Å²) in [5.41, 5.74) is -0.529. The number of hydrogen-bond donors (Lipinski definition) is 2. The molecule has 0 aromatic rings. The summed E-state index contributed by atoms with van der Waals surface area (Å²) >= 11 is 0. The van der Waals surface area contributed by atoms with Gasteiger partial charge in [0, 0.05) is 12.6 Å². The zero-order valence-electron chi connectivity index (χ0n) is 11.1. The average molecular weight is 228 g/mol. The van der Waals surface area contributed by atoms with Crippen molar-refractivity contribution in [2.75, 3.05) is 26.2 Å². The summed E-state index contributed by atoms with van der Waals surface area (Å²) in [5.74, 6) is 0. The molecule has 3 nitrogen and oxygen atoms in total. The summed E-state index contributed by atoms with van der Waals surface area (Å²) in [4.78, 5) is 2.57. The first-order valence-corrected chi connectivity index (χ1v) is 6.70. The van der Waals surface area contributed by atoms with E-state index in [9.17, 15) is 5.11 Å². The number of aliphatic hydroxyl groups is 1. The van der Waals surface area contributed by atoms with E-state index < -0.39 is 5.60 Å². The van der Waals surface area contributed by atoms with Gasteiger partial charge >= 0.3 is 0 Å². The van der Waals surface area contributed by atoms with Crippen molar-refractivity contribution in [3.8, 4) is 0 Å². The van der Waals surface area contributed by atoms with Gasteiger partial charge < -0.3 is 15.3 Å². The molecule has 96 valence electrons. The third kappa shape index (κ3) is 5.28. The summed E-state index contributed by atoms with van der Waals surface area (Å²) in [6.07, 6.45) is 4.59. The van der Waals surface area contributed by atoms with E-state index in [0.29, 0.717) is 0 Å². The first kappa shape index (κ1) is 13.9. The molecule has 0 saturated carbocycles. The van der Waals surface area contributed by atoms with Gasteiger partial charge in [-0.25, -0.2) is 0 Å². The molecule has 0 unspecified atom stereocenters. The molecule has 0 aliphatic carbocycles. The Balaban J connectivity index is 2.39. The van der Waals surface area contributed by atoms with Crippen LogP contribution < -0.4 is 5.32 Å². The molecule has 1 aliphatic heterocycles. The Bertz CT molecular complexity index is 183. The fourth-order valence-electron chi connectivity index (χ4n) is 2.35. The highest BCUT2D eigenvalue weighted by atomic mass is 16.3. The molecule has 1 heterocycles. The van der Waals surface area contributed by atoms with Crippen molar-refractivity contribution in [2.45, 2.75) is 58.1 Å². The van der Waals surface area contributed by atoms with Gasteiger partial charge in [0.2, 0.25) is 0 Å². The van der Waals surface area contributed by atoms with Crippen LogP contribution in [0.15, 0.2) is 0 Å². The second-order valence-electron chi connectivity index (χ2n) is 5.58. The van der Waals surface area contributed by atoms with Crippen molar-refractivity contribution >= 4 is 0 Å². The first-order valence-electron chi connectivity index (χ1n) is 6.70. The molecule has 0 atom stereocenters. The van der Waals surface area contributed by atoms with Gasteiger partial charge in [-0.2, -0.15) is 0 Å². The Morgan fingerprint density at radius 3 is 2.38 bits per heavy atom. The van der Waals surface area contributed by atoms with Crippen LogP contribution in [0.2, 0.25) is 0 Å². The van der Waals surface area contributed by atoms with E-state index in [1.165, 1.54) is 25.8 Å². The number of nitrogens with one attached hydrogen (secondary N) is 1. The largest absolute Gasteiger partial charge is 0.390 e. The van der Waals surface area contributed by atoms with E-state index in [0.717, 1.165) is 32.1 Å². The van der Waals surface area contributed by atoms with Gasteiger partial charge in [0.25, 0.3) is 0 Å². The predicted molar refractivity (Wildman–Crippen MR) is 68.7 cm³/mol. The van der Waals surface area contributed by atoms with E-state index in [1.54, 1.807) is 0 Å². The molecule has 0 aromatic carbocycles. The van der Waals surface area contributed by atoms with Crippen molar-refractivity contribution in [3.63, 3.8) is 0 Å². The highest BCUT2D eigenvalue weighted by Gasteiger charge is 2.22. The van der Waals surface area contributed by atoms with Crippen LogP contribution in [0, 0.1) is 0 Å². The summed E-state index contributed by atoms with van der Waals surface area (Å²) in [5, 5.41) is 13.2. The number of nitrogens with zero attached hydrogens (tertiary/aromatic N) is 1. The zero-order valence-corrected chi connectivity index (χ0v) is 11.1. The molecule has 0 amide bonds. The lowest BCUT2D eigenvalue weighted by molar-refractivity contribution is 0.0473. The molecule has 16 heavy (non-hydrogen) atoms. The van der Waals surface area contributed by atoms with Gasteiger partial charge in [-0.05, 0) is 59.2 Å². The van der Waals surface area contributed by atoms with E-state index in [4.69, 9.17) is 0 Å². The lowest BCUT2D eigenvalue weighted by Crippen LogP contribution is -2.45. The first-order chi connectivity index (χ1) is 7.53. The fourth-order valence-corrected chi connectivity index (χ4v) is 2.35. The van der Waals surface area contributed by atoms with Gasteiger partial charge in [0.05, 0.1) is 5.60 Å². The lowest BCUT2D eigenvalue weighted by atomic mass is 10.0. The molecule has 1 aliphatic rings. The SMILES string of the molecule is CCCN(CCC(C)(C)O)C1CCNCC1. The molecule has 0 aromatic heterocycles. The Hall–Kier alpha value is -0.120. The zero-order chi connectivity index (χ0) is 12.0. The highest BCUT2D eigenvalue weighted by Crippen LogP contribution is 2.16. The van der Waals surface area contributed by atoms with E-state index in [2.05, 4.69) is 17.1 Å². The Kier molecular flexibility index (Phi) is 5.73. The number of hydrogen-bond acceptors (Lipinski definition) is 3. The Labute approximate surface area is 100 Å². The van der Waals surface area contributed by atoms with Crippen LogP contribution in [0.3, 0.4) is 0 Å². The summed E-state index contributed by atoms with van der Waals surface area (Å²) in [7, 11) is 0. The molecule has 2 N–H and O–H groups in total. The maximum absolute atomic E-state index is 9.79. The Morgan fingerprint density at radius 2 is 1.88 bits per heavy atom.